The molecule has 7 heteroatoms. The molecule has 0 saturated heterocycles. The first-order valence-electron chi connectivity index (χ1n) is 5.91. The van der Waals surface area contributed by atoms with Crippen molar-refractivity contribution >= 4 is 17.6 Å². The van der Waals surface area contributed by atoms with E-state index in [4.69, 9.17) is 11.6 Å². The van der Waals surface area contributed by atoms with Crippen LogP contribution < -0.4 is 21.9 Å². The maximum atomic E-state index is 5.62. The predicted octanol–water partition coefficient (Wildman–Crippen LogP) is 0.418. The summed E-state index contributed by atoms with van der Waals surface area (Å²) in [5, 5.41) is 0. The molecule has 0 saturated carbocycles. The van der Waals surface area contributed by atoms with Crippen LogP contribution in [0.15, 0.2) is 30.5 Å². The number of hydrogen-bond donors (Lipinski definition) is 3. The van der Waals surface area contributed by atoms with Crippen molar-refractivity contribution in [3.8, 4) is 0 Å². The van der Waals surface area contributed by atoms with Crippen LogP contribution in [0.25, 0.3) is 0 Å². The Bertz CT molecular complexity index is 529. The molecule has 0 radical (unpaired) electrons. The molecule has 0 spiro atoms. The number of nitrogen functional groups attached to an aromatic ring is 2. The summed E-state index contributed by atoms with van der Waals surface area (Å²) in [6, 6.07) is 7.61. The van der Waals surface area contributed by atoms with Gasteiger partial charge in [0.15, 0.2) is 0 Å². The Morgan fingerprint density at radius 2 is 2.16 bits per heavy atom. The van der Waals surface area contributed by atoms with Gasteiger partial charge in [0, 0.05) is 38.0 Å². The number of rotatable bonds is 5. The Morgan fingerprint density at radius 3 is 2.84 bits per heavy atom. The first-order valence-corrected chi connectivity index (χ1v) is 5.91. The summed E-state index contributed by atoms with van der Waals surface area (Å²) in [6.45, 7) is 0.775. The van der Waals surface area contributed by atoms with Gasteiger partial charge in [-0.25, -0.2) is 5.84 Å². The predicted molar refractivity (Wildman–Crippen MR) is 75.5 cm³/mol. The Kier molecular flexibility index (Phi) is 4.09. The molecule has 7 nitrogen and oxygen atoms in total. The summed E-state index contributed by atoms with van der Waals surface area (Å²) in [4.78, 5) is 14.4. The van der Waals surface area contributed by atoms with Gasteiger partial charge in [-0.1, -0.05) is 6.07 Å². The summed E-state index contributed by atoms with van der Waals surface area (Å²) < 4.78 is 0. The molecule has 2 aromatic heterocycles. The lowest BCUT2D eigenvalue weighted by Gasteiger charge is -2.18. The van der Waals surface area contributed by atoms with Gasteiger partial charge in [-0.3, -0.25) is 4.98 Å². The molecular weight excluding hydrogens is 242 g/mol. The van der Waals surface area contributed by atoms with E-state index < -0.39 is 0 Å². The van der Waals surface area contributed by atoms with Crippen LogP contribution in [0.4, 0.5) is 17.6 Å². The van der Waals surface area contributed by atoms with Gasteiger partial charge in [-0.15, -0.1) is 0 Å². The van der Waals surface area contributed by atoms with E-state index in [9.17, 15) is 0 Å². The molecule has 5 N–H and O–H groups in total. The van der Waals surface area contributed by atoms with Crippen LogP contribution >= 0.6 is 0 Å². The van der Waals surface area contributed by atoms with Gasteiger partial charge < -0.3 is 16.1 Å². The Labute approximate surface area is 111 Å². The summed E-state index contributed by atoms with van der Waals surface area (Å²) in [5.74, 6) is 6.73. The number of hydrogen-bond acceptors (Lipinski definition) is 7. The maximum Gasteiger partial charge on any atom is 0.223 e. The lowest BCUT2D eigenvalue weighted by Crippen LogP contribution is -2.23. The topological polar surface area (TPSA) is 106 Å². The lowest BCUT2D eigenvalue weighted by molar-refractivity contribution is 0.837. The average molecular weight is 259 g/mol. The van der Waals surface area contributed by atoms with Crippen LogP contribution in [0.5, 0.6) is 0 Å². The third-order valence-corrected chi connectivity index (χ3v) is 2.70. The fourth-order valence-electron chi connectivity index (χ4n) is 1.66. The van der Waals surface area contributed by atoms with E-state index >= 15 is 0 Å². The van der Waals surface area contributed by atoms with Crippen molar-refractivity contribution in [2.24, 2.45) is 5.84 Å². The van der Waals surface area contributed by atoms with Crippen molar-refractivity contribution < 1.29 is 0 Å². The zero-order valence-corrected chi connectivity index (χ0v) is 10.7. The number of likely N-dealkylation sites (N-methyl/N-ethyl adjacent to an activating group) is 1. The highest BCUT2D eigenvalue weighted by Crippen LogP contribution is 2.15. The number of nitrogens with two attached hydrogens (primary N) is 2. The number of anilines is 3. The fraction of sp³-hybridized carbons (Fsp3) is 0.250. The van der Waals surface area contributed by atoms with Gasteiger partial charge in [0.1, 0.15) is 11.6 Å². The van der Waals surface area contributed by atoms with Gasteiger partial charge in [-0.05, 0) is 12.1 Å². The molecule has 0 aliphatic carbocycles. The van der Waals surface area contributed by atoms with Crippen LogP contribution in [-0.4, -0.2) is 28.5 Å². The van der Waals surface area contributed by atoms with Crippen LogP contribution in [0.2, 0.25) is 0 Å². The van der Waals surface area contributed by atoms with E-state index in [1.165, 1.54) is 0 Å². The highest BCUT2D eigenvalue weighted by atomic mass is 15.3. The van der Waals surface area contributed by atoms with Crippen LogP contribution in [-0.2, 0) is 6.42 Å². The molecule has 2 aromatic rings. The van der Waals surface area contributed by atoms with Gasteiger partial charge in [0.2, 0.25) is 5.95 Å². The van der Waals surface area contributed by atoms with E-state index in [1.54, 1.807) is 12.3 Å². The van der Waals surface area contributed by atoms with Crippen molar-refractivity contribution in [3.63, 3.8) is 0 Å². The van der Waals surface area contributed by atoms with E-state index in [1.807, 2.05) is 30.1 Å². The van der Waals surface area contributed by atoms with Crippen LogP contribution in [0.3, 0.4) is 0 Å². The molecule has 100 valence electrons. The second-order valence-electron chi connectivity index (χ2n) is 4.11. The summed E-state index contributed by atoms with van der Waals surface area (Å²) in [5.41, 5.74) is 9.13. The molecule has 0 aliphatic heterocycles. The molecule has 0 unspecified atom stereocenters. The van der Waals surface area contributed by atoms with Crippen molar-refractivity contribution in [1.29, 1.82) is 0 Å². The summed E-state index contributed by atoms with van der Waals surface area (Å²) in [6.07, 6.45) is 2.61. The molecule has 2 rings (SSSR count). The zero-order chi connectivity index (χ0) is 13.7. The van der Waals surface area contributed by atoms with Crippen LogP contribution in [0.1, 0.15) is 5.69 Å². The van der Waals surface area contributed by atoms with E-state index in [0.29, 0.717) is 5.82 Å². The van der Waals surface area contributed by atoms with Crippen molar-refractivity contribution in [3.05, 3.63) is 36.2 Å². The largest absolute Gasteiger partial charge is 0.368 e. The molecule has 0 atom stereocenters. The summed E-state index contributed by atoms with van der Waals surface area (Å²) >= 11 is 0. The monoisotopic (exact) mass is 259 g/mol. The molecular formula is C12H17N7. The minimum atomic E-state index is 0.190. The molecule has 19 heavy (non-hydrogen) atoms. The molecule has 0 aromatic carbocycles. The van der Waals surface area contributed by atoms with E-state index in [-0.39, 0.29) is 5.95 Å². The average Bonchev–Trinajstić information content (AvgIpc) is 2.45. The van der Waals surface area contributed by atoms with Gasteiger partial charge in [0.05, 0.1) is 0 Å². The SMILES string of the molecule is CN(CCc1ccccn1)c1cc(NN)nc(N)n1. The van der Waals surface area contributed by atoms with Gasteiger partial charge in [-0.2, -0.15) is 9.97 Å². The molecule has 0 amide bonds. The van der Waals surface area contributed by atoms with Crippen LogP contribution in [0, 0.1) is 0 Å². The smallest absolute Gasteiger partial charge is 0.223 e. The van der Waals surface area contributed by atoms with Gasteiger partial charge in [0.25, 0.3) is 0 Å². The second kappa shape index (κ2) is 5.96. The van der Waals surface area contributed by atoms with Gasteiger partial charge >= 0.3 is 0 Å². The zero-order valence-electron chi connectivity index (χ0n) is 10.7. The Hall–Kier alpha value is -2.41. The Balaban J connectivity index is 2.03. The number of nitrogens with one attached hydrogen (secondary N) is 1. The quantitative estimate of drug-likeness (QED) is 0.527. The number of hydrazine groups is 1. The lowest BCUT2D eigenvalue weighted by atomic mass is 10.2. The minimum absolute atomic E-state index is 0.190. The molecule has 0 aliphatic rings. The maximum absolute atomic E-state index is 5.62. The van der Waals surface area contributed by atoms with Crippen molar-refractivity contribution in [2.75, 3.05) is 29.7 Å². The molecule has 0 fully saturated rings. The third-order valence-electron chi connectivity index (χ3n) is 2.70. The fourth-order valence-corrected chi connectivity index (χ4v) is 1.66. The first kappa shape index (κ1) is 13.0. The second-order valence-corrected chi connectivity index (χ2v) is 4.11. The third kappa shape index (κ3) is 3.52. The highest BCUT2D eigenvalue weighted by molar-refractivity contribution is 5.51. The molecule has 2 heterocycles. The number of nitrogens with zero attached hydrogens (tertiary/aromatic N) is 4. The summed E-state index contributed by atoms with van der Waals surface area (Å²) in [7, 11) is 1.94. The van der Waals surface area contributed by atoms with Crippen molar-refractivity contribution in [1.82, 2.24) is 15.0 Å². The highest BCUT2D eigenvalue weighted by Gasteiger charge is 2.07. The number of aromatic nitrogens is 3. The Morgan fingerprint density at radius 1 is 1.32 bits per heavy atom. The van der Waals surface area contributed by atoms with Crippen molar-refractivity contribution in [2.45, 2.75) is 6.42 Å². The van der Waals surface area contributed by atoms with E-state index in [0.717, 1.165) is 24.5 Å². The number of pyridine rings is 1. The minimum Gasteiger partial charge on any atom is -0.368 e. The normalized spacial score (nSPS) is 10.2. The standard InChI is InChI=1S/C12H17N7/c1-19(7-5-9-4-2-3-6-15-9)11-8-10(18-14)16-12(13)17-11/h2-4,6,8H,5,7,14H2,1H3,(H3,13,16,17,18). The first-order chi connectivity index (χ1) is 9.19. The molecule has 0 bridgehead atoms. The van der Waals surface area contributed by atoms with E-state index in [2.05, 4.69) is 20.4 Å².